The summed E-state index contributed by atoms with van der Waals surface area (Å²) in [5.74, 6) is 0.626. The zero-order valence-corrected chi connectivity index (χ0v) is 18.0. The number of aromatic nitrogens is 1. The van der Waals surface area contributed by atoms with Gasteiger partial charge in [0.15, 0.2) is 5.13 Å². The fourth-order valence-electron chi connectivity index (χ4n) is 3.22. The number of methoxy groups -OCH3 is 1. The fraction of sp³-hybridized carbons (Fsp3) is 0.364. The first-order chi connectivity index (χ1) is 13.4. The molecule has 28 heavy (non-hydrogen) atoms. The van der Waals surface area contributed by atoms with E-state index in [1.807, 2.05) is 32.3 Å². The second kappa shape index (κ2) is 8.71. The van der Waals surface area contributed by atoms with Crippen molar-refractivity contribution in [3.63, 3.8) is 0 Å². The van der Waals surface area contributed by atoms with Crippen LogP contribution >= 0.6 is 11.3 Å². The Morgan fingerprint density at radius 3 is 2.64 bits per heavy atom. The lowest BCUT2D eigenvalue weighted by molar-refractivity contribution is 0.0985. The molecular formula is C22H27N3O2S. The Labute approximate surface area is 170 Å². The summed E-state index contributed by atoms with van der Waals surface area (Å²) >= 11 is 1.57. The third-order valence-corrected chi connectivity index (χ3v) is 5.62. The van der Waals surface area contributed by atoms with Crippen LogP contribution in [0.4, 0.5) is 5.13 Å². The maximum atomic E-state index is 13.3. The van der Waals surface area contributed by atoms with Crippen LogP contribution in [0.2, 0.25) is 0 Å². The predicted octanol–water partition coefficient (Wildman–Crippen LogP) is 4.52. The number of aryl methyl sites for hydroxylation is 2. The average molecular weight is 398 g/mol. The maximum absolute atomic E-state index is 13.3. The highest BCUT2D eigenvalue weighted by molar-refractivity contribution is 7.22. The molecule has 0 aliphatic heterocycles. The van der Waals surface area contributed by atoms with E-state index >= 15 is 0 Å². The Kier molecular flexibility index (Phi) is 6.31. The zero-order valence-electron chi connectivity index (χ0n) is 17.2. The summed E-state index contributed by atoms with van der Waals surface area (Å²) in [6.07, 6.45) is 0.872. The first-order valence-electron chi connectivity index (χ1n) is 9.37. The molecule has 2 aromatic carbocycles. The molecule has 1 amide bonds. The summed E-state index contributed by atoms with van der Waals surface area (Å²) in [7, 11) is 5.69. The van der Waals surface area contributed by atoms with Gasteiger partial charge < -0.3 is 9.64 Å². The quantitative estimate of drug-likeness (QED) is 0.588. The monoisotopic (exact) mass is 397 g/mol. The molecule has 5 nitrogen and oxygen atoms in total. The number of thiazole rings is 1. The number of ether oxygens (including phenoxy) is 1. The molecule has 0 unspecified atom stereocenters. The van der Waals surface area contributed by atoms with Gasteiger partial charge in [-0.05, 0) is 76.3 Å². The van der Waals surface area contributed by atoms with Gasteiger partial charge in [-0.15, -0.1) is 0 Å². The summed E-state index contributed by atoms with van der Waals surface area (Å²) < 4.78 is 6.40. The molecule has 1 aromatic heterocycles. The number of anilines is 1. The summed E-state index contributed by atoms with van der Waals surface area (Å²) in [6, 6.07) is 11.6. The largest absolute Gasteiger partial charge is 0.497 e. The minimum absolute atomic E-state index is 0.0499. The van der Waals surface area contributed by atoms with Crippen molar-refractivity contribution in [2.45, 2.75) is 20.3 Å². The number of benzene rings is 2. The highest BCUT2D eigenvalue weighted by atomic mass is 32.1. The van der Waals surface area contributed by atoms with Crippen molar-refractivity contribution in [3.8, 4) is 5.75 Å². The van der Waals surface area contributed by atoms with Crippen LogP contribution in [0.3, 0.4) is 0 Å². The van der Waals surface area contributed by atoms with Crippen LogP contribution in [0.5, 0.6) is 5.75 Å². The Hall–Kier alpha value is -2.44. The number of amides is 1. The third-order valence-electron chi connectivity index (χ3n) is 4.60. The normalized spacial score (nSPS) is 11.2. The molecule has 0 radical (unpaired) electrons. The van der Waals surface area contributed by atoms with Crippen molar-refractivity contribution in [2.24, 2.45) is 0 Å². The molecule has 3 rings (SSSR count). The van der Waals surface area contributed by atoms with Gasteiger partial charge in [0.1, 0.15) is 5.75 Å². The average Bonchev–Trinajstić information content (AvgIpc) is 3.08. The number of hydrogen-bond donors (Lipinski definition) is 0. The van der Waals surface area contributed by atoms with Gasteiger partial charge in [0, 0.05) is 12.1 Å². The van der Waals surface area contributed by atoms with Crippen LogP contribution in [0.1, 0.15) is 27.9 Å². The van der Waals surface area contributed by atoms with Crippen LogP contribution in [-0.4, -0.2) is 50.1 Å². The highest BCUT2D eigenvalue weighted by Gasteiger charge is 2.22. The van der Waals surface area contributed by atoms with Gasteiger partial charge in [-0.2, -0.15) is 0 Å². The number of fused-ring (bicyclic) bond motifs is 1. The molecule has 1 heterocycles. The van der Waals surface area contributed by atoms with E-state index in [1.165, 1.54) is 5.56 Å². The molecule has 0 atom stereocenters. The molecular weight excluding hydrogens is 370 g/mol. The van der Waals surface area contributed by atoms with E-state index in [2.05, 4.69) is 30.9 Å². The molecule has 0 spiro atoms. The Balaban J connectivity index is 1.98. The Morgan fingerprint density at radius 1 is 1.14 bits per heavy atom. The van der Waals surface area contributed by atoms with E-state index in [9.17, 15) is 4.79 Å². The molecule has 0 saturated carbocycles. The standard InChI is InChI=1S/C22H27N3O2S/c1-15-12-16(2)20-19(13-15)28-22(23-20)25(11-7-10-24(3)4)21(26)17-8-6-9-18(14-17)27-5/h6,8-9,12-14H,7,10-11H2,1-5H3. The lowest BCUT2D eigenvalue weighted by Gasteiger charge is -2.21. The SMILES string of the molecule is COc1cccc(C(=O)N(CCCN(C)C)c2nc3c(C)cc(C)cc3s2)c1. The number of carbonyl (C=O) groups excluding carboxylic acids is 1. The number of hydrogen-bond acceptors (Lipinski definition) is 5. The van der Waals surface area contributed by atoms with Crippen molar-refractivity contribution in [2.75, 3.05) is 39.2 Å². The van der Waals surface area contributed by atoms with Gasteiger partial charge in [0.05, 0.1) is 17.3 Å². The fourth-order valence-corrected chi connectivity index (χ4v) is 4.38. The zero-order chi connectivity index (χ0) is 20.3. The van der Waals surface area contributed by atoms with Crippen molar-refractivity contribution in [1.82, 2.24) is 9.88 Å². The van der Waals surface area contributed by atoms with Crippen LogP contribution in [0.15, 0.2) is 36.4 Å². The van der Waals surface area contributed by atoms with Gasteiger partial charge >= 0.3 is 0 Å². The molecule has 0 aliphatic rings. The molecule has 0 N–H and O–H groups in total. The van der Waals surface area contributed by atoms with Gasteiger partial charge in [-0.25, -0.2) is 4.98 Å². The Bertz CT molecular complexity index is 981. The van der Waals surface area contributed by atoms with Crippen LogP contribution in [-0.2, 0) is 0 Å². The van der Waals surface area contributed by atoms with E-state index < -0.39 is 0 Å². The predicted molar refractivity (Wildman–Crippen MR) is 117 cm³/mol. The highest BCUT2D eigenvalue weighted by Crippen LogP contribution is 2.32. The molecule has 0 saturated heterocycles. The van der Waals surface area contributed by atoms with Gasteiger partial charge in [-0.1, -0.05) is 23.5 Å². The van der Waals surface area contributed by atoms with Crippen molar-refractivity contribution in [3.05, 3.63) is 53.1 Å². The van der Waals surface area contributed by atoms with Gasteiger partial charge in [0.2, 0.25) is 0 Å². The molecule has 0 fully saturated rings. The van der Waals surface area contributed by atoms with E-state index in [1.54, 1.807) is 29.4 Å². The molecule has 6 heteroatoms. The minimum atomic E-state index is -0.0499. The van der Waals surface area contributed by atoms with Crippen molar-refractivity contribution >= 4 is 32.6 Å². The third kappa shape index (κ3) is 4.51. The van der Waals surface area contributed by atoms with Gasteiger partial charge in [0.25, 0.3) is 5.91 Å². The summed E-state index contributed by atoms with van der Waals surface area (Å²) in [5.41, 5.74) is 3.93. The summed E-state index contributed by atoms with van der Waals surface area (Å²) in [6.45, 7) is 5.68. The second-order valence-electron chi connectivity index (χ2n) is 7.27. The first-order valence-corrected chi connectivity index (χ1v) is 10.2. The lowest BCUT2D eigenvalue weighted by atomic mass is 10.1. The van der Waals surface area contributed by atoms with E-state index in [-0.39, 0.29) is 5.91 Å². The minimum Gasteiger partial charge on any atom is -0.497 e. The smallest absolute Gasteiger partial charge is 0.260 e. The van der Waals surface area contributed by atoms with Gasteiger partial charge in [-0.3, -0.25) is 9.69 Å². The number of nitrogens with zero attached hydrogens (tertiary/aromatic N) is 3. The molecule has 148 valence electrons. The van der Waals surface area contributed by atoms with Crippen LogP contribution < -0.4 is 9.64 Å². The molecule has 0 bridgehead atoms. The summed E-state index contributed by atoms with van der Waals surface area (Å²) in [4.78, 5) is 22.1. The van der Waals surface area contributed by atoms with E-state index in [4.69, 9.17) is 9.72 Å². The lowest BCUT2D eigenvalue weighted by Crippen LogP contribution is -2.33. The van der Waals surface area contributed by atoms with Crippen LogP contribution in [0.25, 0.3) is 10.2 Å². The number of carbonyl (C=O) groups is 1. The second-order valence-corrected chi connectivity index (χ2v) is 8.28. The summed E-state index contributed by atoms with van der Waals surface area (Å²) in [5, 5.41) is 0.746. The number of rotatable bonds is 7. The molecule has 0 aliphatic carbocycles. The Morgan fingerprint density at radius 2 is 1.93 bits per heavy atom. The maximum Gasteiger partial charge on any atom is 0.260 e. The van der Waals surface area contributed by atoms with Crippen LogP contribution in [0, 0.1) is 13.8 Å². The molecule has 3 aromatic rings. The first kappa shape index (κ1) is 20.3. The van der Waals surface area contributed by atoms with Crippen molar-refractivity contribution < 1.29 is 9.53 Å². The topological polar surface area (TPSA) is 45.7 Å². The van der Waals surface area contributed by atoms with E-state index in [0.717, 1.165) is 33.9 Å². The van der Waals surface area contributed by atoms with E-state index in [0.29, 0.717) is 17.9 Å². The van der Waals surface area contributed by atoms with Crippen molar-refractivity contribution in [1.29, 1.82) is 0 Å².